The van der Waals surface area contributed by atoms with Crippen LogP contribution in [0.3, 0.4) is 0 Å². The van der Waals surface area contributed by atoms with Gasteiger partial charge < -0.3 is 9.30 Å². The molecule has 0 saturated heterocycles. The number of thioether (sulfide) groups is 1. The van der Waals surface area contributed by atoms with Gasteiger partial charge in [-0.1, -0.05) is 62.0 Å². The van der Waals surface area contributed by atoms with Crippen molar-refractivity contribution in [3.05, 3.63) is 48.3 Å². The molecule has 3 rings (SSSR count). The summed E-state index contributed by atoms with van der Waals surface area (Å²) in [4.78, 5) is 0. The first-order chi connectivity index (χ1) is 11.7. The molecule has 0 N–H and O–H groups in total. The van der Waals surface area contributed by atoms with Crippen LogP contribution in [0.2, 0.25) is 0 Å². The first kappa shape index (κ1) is 16.8. The van der Waals surface area contributed by atoms with Crippen LogP contribution in [0.1, 0.15) is 26.6 Å². The molecule has 0 spiro atoms. The van der Waals surface area contributed by atoms with Gasteiger partial charge in [0.25, 0.3) is 0 Å². The number of hydrogen-bond acceptors (Lipinski definition) is 4. The fraction of sp³-hybridized carbons (Fsp3) is 0.368. The predicted octanol–water partition coefficient (Wildman–Crippen LogP) is 4.78. The van der Waals surface area contributed by atoms with Crippen molar-refractivity contribution in [2.24, 2.45) is 5.92 Å². The molecule has 0 atom stereocenters. The lowest BCUT2D eigenvalue weighted by atomic mass is 10.1. The van der Waals surface area contributed by atoms with E-state index in [4.69, 9.17) is 4.74 Å². The lowest BCUT2D eigenvalue weighted by Crippen LogP contribution is -2.07. The third kappa shape index (κ3) is 3.73. The molecule has 5 heteroatoms. The average Bonchev–Trinajstić information content (AvgIpc) is 3.00. The molecule has 1 heterocycles. The summed E-state index contributed by atoms with van der Waals surface area (Å²) in [6.45, 7) is 7.82. The summed E-state index contributed by atoms with van der Waals surface area (Å²) in [5.74, 6) is 3.43. The Bertz CT molecular complexity index is 808. The summed E-state index contributed by atoms with van der Waals surface area (Å²) in [5, 5.41) is 11.9. The second-order valence-electron chi connectivity index (χ2n) is 6.11. The van der Waals surface area contributed by atoms with Gasteiger partial charge >= 0.3 is 0 Å². The van der Waals surface area contributed by atoms with Gasteiger partial charge in [-0.15, -0.1) is 10.2 Å². The molecule has 2 aromatic carbocycles. The average molecular weight is 341 g/mol. The van der Waals surface area contributed by atoms with Gasteiger partial charge in [0, 0.05) is 17.7 Å². The molecule has 4 nitrogen and oxygen atoms in total. The maximum atomic E-state index is 6.05. The van der Waals surface area contributed by atoms with Crippen molar-refractivity contribution in [2.75, 3.05) is 5.75 Å². The number of rotatable bonds is 7. The number of aromatic nitrogens is 3. The molecule has 0 amide bonds. The minimum Gasteiger partial charge on any atom is -0.485 e. The van der Waals surface area contributed by atoms with Crippen LogP contribution in [0.25, 0.3) is 10.8 Å². The smallest absolute Gasteiger partial charge is 0.191 e. The highest BCUT2D eigenvalue weighted by molar-refractivity contribution is 7.99. The molecule has 126 valence electrons. The number of benzene rings is 2. The standard InChI is InChI=1S/C19H23N3OS/c1-4-22-18(20-21-19(22)24-13-14(2)3)12-23-17-11-7-9-15-8-5-6-10-16(15)17/h5-11,14H,4,12-13H2,1-3H3. The highest BCUT2D eigenvalue weighted by atomic mass is 32.2. The Balaban J connectivity index is 1.76. The zero-order valence-electron chi connectivity index (χ0n) is 14.4. The Hall–Kier alpha value is -2.01. The minimum atomic E-state index is 0.428. The summed E-state index contributed by atoms with van der Waals surface area (Å²) in [5.41, 5.74) is 0. The third-order valence-corrected chi connectivity index (χ3v) is 5.16. The van der Waals surface area contributed by atoms with Gasteiger partial charge in [-0.3, -0.25) is 0 Å². The monoisotopic (exact) mass is 341 g/mol. The van der Waals surface area contributed by atoms with E-state index in [0.29, 0.717) is 12.5 Å². The van der Waals surface area contributed by atoms with Crippen LogP contribution in [-0.2, 0) is 13.2 Å². The van der Waals surface area contributed by atoms with Gasteiger partial charge in [-0.2, -0.15) is 0 Å². The van der Waals surface area contributed by atoms with Crippen molar-refractivity contribution in [1.29, 1.82) is 0 Å². The van der Waals surface area contributed by atoms with Crippen molar-refractivity contribution in [2.45, 2.75) is 39.1 Å². The summed E-state index contributed by atoms with van der Waals surface area (Å²) < 4.78 is 8.19. The molecular weight excluding hydrogens is 318 g/mol. The molecule has 0 fully saturated rings. The summed E-state index contributed by atoms with van der Waals surface area (Å²) in [6.07, 6.45) is 0. The van der Waals surface area contributed by atoms with Gasteiger partial charge in [-0.05, 0) is 24.3 Å². The lowest BCUT2D eigenvalue weighted by Gasteiger charge is -2.11. The molecule has 1 aromatic heterocycles. The van der Waals surface area contributed by atoms with Crippen LogP contribution in [0.5, 0.6) is 5.75 Å². The summed E-state index contributed by atoms with van der Waals surface area (Å²) in [7, 11) is 0. The van der Waals surface area contributed by atoms with E-state index in [1.807, 2.05) is 24.3 Å². The number of ether oxygens (including phenoxy) is 1. The molecule has 0 bridgehead atoms. The lowest BCUT2D eigenvalue weighted by molar-refractivity contribution is 0.291. The third-order valence-electron chi connectivity index (χ3n) is 3.76. The molecular formula is C19H23N3OS. The maximum Gasteiger partial charge on any atom is 0.191 e. The number of hydrogen-bond donors (Lipinski definition) is 0. The van der Waals surface area contributed by atoms with Gasteiger partial charge in [0.15, 0.2) is 11.0 Å². The van der Waals surface area contributed by atoms with E-state index in [2.05, 4.69) is 53.7 Å². The van der Waals surface area contributed by atoms with Gasteiger partial charge in [-0.25, -0.2) is 0 Å². The highest BCUT2D eigenvalue weighted by Crippen LogP contribution is 2.26. The number of nitrogens with zero attached hydrogens (tertiary/aromatic N) is 3. The largest absolute Gasteiger partial charge is 0.485 e. The van der Waals surface area contributed by atoms with Crippen LogP contribution in [0, 0.1) is 5.92 Å². The quantitative estimate of drug-likeness (QED) is 0.580. The van der Waals surface area contributed by atoms with Crippen LogP contribution >= 0.6 is 11.8 Å². The van der Waals surface area contributed by atoms with Crippen LogP contribution < -0.4 is 4.74 Å². The van der Waals surface area contributed by atoms with E-state index in [1.54, 1.807) is 11.8 Å². The summed E-state index contributed by atoms with van der Waals surface area (Å²) in [6, 6.07) is 14.4. The Morgan fingerprint density at radius 3 is 2.67 bits per heavy atom. The van der Waals surface area contributed by atoms with Gasteiger partial charge in [0.1, 0.15) is 12.4 Å². The topological polar surface area (TPSA) is 39.9 Å². The first-order valence-corrected chi connectivity index (χ1v) is 9.33. The van der Waals surface area contributed by atoms with E-state index in [9.17, 15) is 0 Å². The van der Waals surface area contributed by atoms with Crippen LogP contribution in [-0.4, -0.2) is 20.5 Å². The minimum absolute atomic E-state index is 0.428. The van der Waals surface area contributed by atoms with Crippen molar-refractivity contribution in [3.8, 4) is 5.75 Å². The Labute approximate surface area is 147 Å². The van der Waals surface area contributed by atoms with Crippen LogP contribution in [0.4, 0.5) is 0 Å². The van der Waals surface area contributed by atoms with Crippen molar-refractivity contribution in [3.63, 3.8) is 0 Å². The highest BCUT2D eigenvalue weighted by Gasteiger charge is 2.13. The Morgan fingerprint density at radius 1 is 1.08 bits per heavy atom. The molecule has 0 aliphatic heterocycles. The Morgan fingerprint density at radius 2 is 1.88 bits per heavy atom. The second-order valence-corrected chi connectivity index (χ2v) is 7.10. The molecule has 0 saturated carbocycles. The zero-order chi connectivity index (χ0) is 16.9. The molecule has 0 aliphatic carbocycles. The predicted molar refractivity (Wildman–Crippen MR) is 99.5 cm³/mol. The van der Waals surface area contributed by atoms with Crippen molar-refractivity contribution >= 4 is 22.5 Å². The number of fused-ring (bicyclic) bond motifs is 1. The normalized spacial score (nSPS) is 11.3. The van der Waals surface area contributed by atoms with E-state index in [-0.39, 0.29) is 0 Å². The molecule has 0 unspecified atom stereocenters. The van der Waals surface area contributed by atoms with E-state index in [0.717, 1.165) is 34.4 Å². The van der Waals surface area contributed by atoms with Crippen LogP contribution in [0.15, 0.2) is 47.6 Å². The van der Waals surface area contributed by atoms with Crippen molar-refractivity contribution in [1.82, 2.24) is 14.8 Å². The molecule has 3 aromatic rings. The van der Waals surface area contributed by atoms with Gasteiger partial charge in [0.05, 0.1) is 0 Å². The van der Waals surface area contributed by atoms with Gasteiger partial charge in [0.2, 0.25) is 0 Å². The zero-order valence-corrected chi connectivity index (χ0v) is 15.2. The molecule has 0 aliphatic rings. The SMILES string of the molecule is CCn1c(COc2cccc3ccccc23)nnc1SCC(C)C. The van der Waals surface area contributed by atoms with E-state index >= 15 is 0 Å². The maximum absolute atomic E-state index is 6.05. The second kappa shape index (κ2) is 7.71. The van der Waals surface area contributed by atoms with E-state index in [1.165, 1.54) is 5.39 Å². The molecule has 0 radical (unpaired) electrons. The van der Waals surface area contributed by atoms with E-state index < -0.39 is 0 Å². The fourth-order valence-corrected chi connectivity index (χ4v) is 3.53. The molecule has 24 heavy (non-hydrogen) atoms. The Kier molecular flexibility index (Phi) is 5.41. The fourth-order valence-electron chi connectivity index (χ4n) is 2.56. The first-order valence-electron chi connectivity index (χ1n) is 8.34. The van der Waals surface area contributed by atoms with Crippen molar-refractivity contribution < 1.29 is 4.74 Å². The summed E-state index contributed by atoms with van der Waals surface area (Å²) >= 11 is 1.76.